The lowest BCUT2D eigenvalue weighted by atomic mass is 9.92. The van der Waals surface area contributed by atoms with Gasteiger partial charge in [-0.25, -0.2) is 0 Å². The van der Waals surface area contributed by atoms with E-state index in [1.54, 1.807) is 6.07 Å². The molecule has 2 atom stereocenters. The van der Waals surface area contributed by atoms with E-state index in [0.29, 0.717) is 11.5 Å². The maximum atomic E-state index is 11.2. The molecule has 1 saturated heterocycles. The molecule has 0 radical (unpaired) electrons. The molecule has 1 aliphatic heterocycles. The summed E-state index contributed by atoms with van der Waals surface area (Å²) < 4.78 is 0.750. The van der Waals surface area contributed by atoms with E-state index in [9.17, 15) is 4.79 Å². The molecule has 1 aromatic rings. The number of nitrogens with two attached hydrogens (primary N) is 2. The van der Waals surface area contributed by atoms with Crippen molar-refractivity contribution in [2.24, 2.45) is 17.4 Å². The van der Waals surface area contributed by atoms with Gasteiger partial charge in [0.2, 0.25) is 5.91 Å². The lowest BCUT2D eigenvalue weighted by Crippen LogP contribution is -2.42. The Balaban J connectivity index is 2.18. The molecule has 4 nitrogen and oxygen atoms in total. The highest BCUT2D eigenvalue weighted by Gasteiger charge is 2.23. The molecular weight excluding hydrogens is 306 g/mol. The molecule has 2 rings (SSSR count). The first-order valence-corrected chi connectivity index (χ1v) is 7.38. The molecule has 0 aromatic heterocycles. The standard InChI is InChI=1S/C14H20BrN3O/c1-9(16)10-3-2-6-18(8-10)11-4-5-12(14(17)19)13(15)7-11/h4-5,7,9-10H,2-3,6,8,16H2,1H3,(H2,17,19). The van der Waals surface area contributed by atoms with Crippen molar-refractivity contribution in [2.75, 3.05) is 18.0 Å². The Morgan fingerprint density at radius 2 is 2.26 bits per heavy atom. The number of piperidine rings is 1. The van der Waals surface area contributed by atoms with Gasteiger partial charge in [0.25, 0.3) is 0 Å². The van der Waals surface area contributed by atoms with Crippen LogP contribution in [0.1, 0.15) is 30.1 Å². The average Bonchev–Trinajstić information content (AvgIpc) is 2.38. The lowest BCUT2D eigenvalue weighted by molar-refractivity contribution is 0.0999. The second kappa shape index (κ2) is 5.92. The van der Waals surface area contributed by atoms with Gasteiger partial charge < -0.3 is 16.4 Å². The normalized spacial score (nSPS) is 21.2. The van der Waals surface area contributed by atoms with Gasteiger partial charge in [-0.3, -0.25) is 4.79 Å². The minimum atomic E-state index is -0.412. The average molecular weight is 326 g/mol. The van der Waals surface area contributed by atoms with Gasteiger partial charge in [-0.15, -0.1) is 0 Å². The lowest BCUT2D eigenvalue weighted by Gasteiger charge is -2.36. The number of carbonyl (C=O) groups is 1. The van der Waals surface area contributed by atoms with Crippen LogP contribution in [0.4, 0.5) is 5.69 Å². The zero-order valence-electron chi connectivity index (χ0n) is 11.1. The van der Waals surface area contributed by atoms with E-state index in [1.807, 2.05) is 12.1 Å². The second-order valence-corrected chi connectivity index (χ2v) is 6.09. The fourth-order valence-electron chi connectivity index (χ4n) is 2.57. The van der Waals surface area contributed by atoms with Gasteiger partial charge in [0.05, 0.1) is 5.56 Å². The Morgan fingerprint density at radius 3 is 2.84 bits per heavy atom. The summed E-state index contributed by atoms with van der Waals surface area (Å²) in [4.78, 5) is 13.5. The minimum absolute atomic E-state index is 0.219. The highest BCUT2D eigenvalue weighted by atomic mass is 79.9. The summed E-state index contributed by atoms with van der Waals surface area (Å²) >= 11 is 3.41. The van der Waals surface area contributed by atoms with Crippen molar-refractivity contribution in [1.82, 2.24) is 0 Å². The predicted octanol–water partition coefficient (Wildman–Crippen LogP) is 2.11. The third kappa shape index (κ3) is 3.28. The maximum absolute atomic E-state index is 11.2. The van der Waals surface area contributed by atoms with Crippen LogP contribution in [0, 0.1) is 5.92 Å². The SMILES string of the molecule is CC(N)C1CCCN(c2ccc(C(N)=O)c(Br)c2)C1. The van der Waals surface area contributed by atoms with Gasteiger partial charge in [0, 0.05) is 29.3 Å². The van der Waals surface area contributed by atoms with Crippen LogP contribution in [0.3, 0.4) is 0 Å². The van der Waals surface area contributed by atoms with Gasteiger partial charge >= 0.3 is 0 Å². The molecule has 1 aliphatic rings. The van der Waals surface area contributed by atoms with E-state index in [0.717, 1.165) is 29.7 Å². The summed E-state index contributed by atoms with van der Waals surface area (Å²) in [6.45, 7) is 4.08. The molecule has 0 saturated carbocycles. The van der Waals surface area contributed by atoms with Crippen molar-refractivity contribution in [3.8, 4) is 0 Å². The third-order valence-electron chi connectivity index (χ3n) is 3.78. The Bertz CT molecular complexity index is 476. The van der Waals surface area contributed by atoms with Crippen molar-refractivity contribution in [2.45, 2.75) is 25.8 Å². The summed E-state index contributed by atoms with van der Waals surface area (Å²) in [5.74, 6) is 0.119. The number of carbonyl (C=O) groups excluding carboxylic acids is 1. The second-order valence-electron chi connectivity index (χ2n) is 5.24. The van der Waals surface area contributed by atoms with Gasteiger partial charge in [-0.1, -0.05) is 0 Å². The number of benzene rings is 1. The van der Waals surface area contributed by atoms with Crippen LogP contribution in [0.15, 0.2) is 22.7 Å². The molecule has 0 aliphatic carbocycles. The number of hydrogen-bond acceptors (Lipinski definition) is 3. The highest BCUT2D eigenvalue weighted by molar-refractivity contribution is 9.10. The van der Waals surface area contributed by atoms with E-state index in [-0.39, 0.29) is 6.04 Å². The first-order valence-electron chi connectivity index (χ1n) is 6.59. The van der Waals surface area contributed by atoms with Crippen LogP contribution in [-0.2, 0) is 0 Å². The summed E-state index contributed by atoms with van der Waals surface area (Å²) in [7, 11) is 0. The molecular formula is C14H20BrN3O. The molecule has 19 heavy (non-hydrogen) atoms. The fourth-order valence-corrected chi connectivity index (χ4v) is 3.14. The predicted molar refractivity (Wildman–Crippen MR) is 81.2 cm³/mol. The Labute approximate surface area is 122 Å². The molecule has 1 heterocycles. The Morgan fingerprint density at radius 1 is 1.53 bits per heavy atom. The molecule has 1 aromatic carbocycles. The molecule has 4 N–H and O–H groups in total. The zero-order chi connectivity index (χ0) is 14.0. The first-order chi connectivity index (χ1) is 8.99. The van der Waals surface area contributed by atoms with Crippen LogP contribution < -0.4 is 16.4 Å². The quantitative estimate of drug-likeness (QED) is 0.894. The van der Waals surface area contributed by atoms with Crippen molar-refractivity contribution in [3.05, 3.63) is 28.2 Å². The largest absolute Gasteiger partial charge is 0.371 e. The molecule has 1 amide bonds. The smallest absolute Gasteiger partial charge is 0.249 e. The summed E-state index contributed by atoms with van der Waals surface area (Å²) in [6.07, 6.45) is 2.34. The topological polar surface area (TPSA) is 72.3 Å². The van der Waals surface area contributed by atoms with Crippen LogP contribution in [-0.4, -0.2) is 25.0 Å². The van der Waals surface area contributed by atoms with Crippen LogP contribution in [0.25, 0.3) is 0 Å². The number of rotatable bonds is 3. The Kier molecular flexibility index (Phi) is 4.47. The fraction of sp³-hybridized carbons (Fsp3) is 0.500. The van der Waals surface area contributed by atoms with Gasteiger partial charge in [-0.05, 0) is 59.8 Å². The first kappa shape index (κ1) is 14.3. The summed E-state index contributed by atoms with van der Waals surface area (Å²) in [5.41, 5.74) is 12.9. The van der Waals surface area contributed by atoms with Gasteiger partial charge in [0.1, 0.15) is 0 Å². The molecule has 1 fully saturated rings. The third-order valence-corrected chi connectivity index (χ3v) is 4.44. The maximum Gasteiger partial charge on any atom is 0.249 e. The van der Waals surface area contributed by atoms with E-state index >= 15 is 0 Å². The van der Waals surface area contributed by atoms with Crippen LogP contribution in [0.2, 0.25) is 0 Å². The number of nitrogens with zero attached hydrogens (tertiary/aromatic N) is 1. The van der Waals surface area contributed by atoms with Gasteiger partial charge in [-0.2, -0.15) is 0 Å². The van der Waals surface area contributed by atoms with Crippen molar-refractivity contribution in [3.63, 3.8) is 0 Å². The van der Waals surface area contributed by atoms with E-state index in [4.69, 9.17) is 11.5 Å². The van der Waals surface area contributed by atoms with Gasteiger partial charge in [0.15, 0.2) is 0 Å². The monoisotopic (exact) mass is 325 g/mol. The summed E-state index contributed by atoms with van der Waals surface area (Å²) in [6, 6.07) is 5.91. The summed E-state index contributed by atoms with van der Waals surface area (Å²) in [5, 5.41) is 0. The van der Waals surface area contributed by atoms with E-state index in [1.165, 1.54) is 6.42 Å². The molecule has 0 spiro atoms. The number of amides is 1. The molecule has 2 unspecified atom stereocenters. The van der Waals surface area contributed by atoms with E-state index in [2.05, 4.69) is 27.8 Å². The Hall–Kier alpha value is -1.07. The molecule has 5 heteroatoms. The van der Waals surface area contributed by atoms with Crippen molar-refractivity contribution < 1.29 is 4.79 Å². The van der Waals surface area contributed by atoms with Crippen molar-refractivity contribution in [1.29, 1.82) is 0 Å². The van der Waals surface area contributed by atoms with Crippen LogP contribution >= 0.6 is 15.9 Å². The molecule has 0 bridgehead atoms. The number of primary amides is 1. The zero-order valence-corrected chi connectivity index (χ0v) is 12.7. The van der Waals surface area contributed by atoms with Crippen LogP contribution in [0.5, 0.6) is 0 Å². The highest BCUT2D eigenvalue weighted by Crippen LogP contribution is 2.28. The number of anilines is 1. The molecule has 104 valence electrons. The number of halogens is 1. The number of hydrogen-bond donors (Lipinski definition) is 2. The minimum Gasteiger partial charge on any atom is -0.371 e. The van der Waals surface area contributed by atoms with E-state index < -0.39 is 5.91 Å². The van der Waals surface area contributed by atoms with Crippen molar-refractivity contribution >= 4 is 27.5 Å².